The Kier molecular flexibility index (Phi) is 3.08. The molecule has 0 saturated carbocycles. The standard InChI is InChI=1S/C10H12IN5O2/c11-8-7-9(15-10(12)14-8)16(4-13-7)6-2-1-5(3-17)18-6/h4-6,17H,1-3H2,(H2,12,14,15)/t5-,6-/m0/s1. The van der Waals surface area contributed by atoms with Gasteiger partial charge in [-0.15, -0.1) is 0 Å². The van der Waals surface area contributed by atoms with Crippen LogP contribution in [-0.4, -0.2) is 37.3 Å². The Bertz CT molecular complexity index is 587. The number of halogens is 1. The van der Waals surface area contributed by atoms with Crippen LogP contribution < -0.4 is 5.73 Å². The lowest BCUT2D eigenvalue weighted by Gasteiger charge is -2.13. The molecule has 2 aromatic rings. The monoisotopic (exact) mass is 361 g/mol. The third-order valence-corrected chi connectivity index (χ3v) is 3.75. The fourth-order valence-electron chi connectivity index (χ4n) is 2.13. The van der Waals surface area contributed by atoms with Crippen LogP contribution in [0.4, 0.5) is 5.95 Å². The fraction of sp³-hybridized carbons (Fsp3) is 0.500. The van der Waals surface area contributed by atoms with Crippen LogP contribution in [0.25, 0.3) is 11.2 Å². The van der Waals surface area contributed by atoms with Crippen LogP contribution in [-0.2, 0) is 4.74 Å². The number of hydrogen-bond acceptors (Lipinski definition) is 6. The fourth-order valence-corrected chi connectivity index (χ4v) is 2.76. The van der Waals surface area contributed by atoms with E-state index in [1.165, 1.54) is 0 Å². The highest BCUT2D eigenvalue weighted by atomic mass is 127. The number of anilines is 1. The quantitative estimate of drug-likeness (QED) is 0.603. The van der Waals surface area contributed by atoms with E-state index in [9.17, 15) is 0 Å². The van der Waals surface area contributed by atoms with Crippen LogP contribution in [0, 0.1) is 3.70 Å². The normalized spacial score (nSPS) is 23.9. The van der Waals surface area contributed by atoms with Crippen molar-refractivity contribution in [2.75, 3.05) is 12.3 Å². The molecule has 3 N–H and O–H groups in total. The first kappa shape index (κ1) is 12.1. The summed E-state index contributed by atoms with van der Waals surface area (Å²) in [7, 11) is 0. The van der Waals surface area contributed by atoms with Crippen LogP contribution >= 0.6 is 22.6 Å². The number of nitrogens with zero attached hydrogens (tertiary/aromatic N) is 4. The molecule has 8 heteroatoms. The van der Waals surface area contributed by atoms with Gasteiger partial charge in [-0.2, -0.15) is 4.98 Å². The molecule has 1 saturated heterocycles. The molecule has 0 aromatic carbocycles. The van der Waals surface area contributed by atoms with Crippen LogP contribution in [0.2, 0.25) is 0 Å². The van der Waals surface area contributed by atoms with E-state index in [0.717, 1.165) is 22.1 Å². The Morgan fingerprint density at radius 2 is 2.33 bits per heavy atom. The van der Waals surface area contributed by atoms with Gasteiger partial charge in [-0.1, -0.05) is 0 Å². The molecule has 7 nitrogen and oxygen atoms in total. The van der Waals surface area contributed by atoms with Crippen LogP contribution in [0.15, 0.2) is 6.33 Å². The van der Waals surface area contributed by atoms with Crippen molar-refractivity contribution < 1.29 is 9.84 Å². The molecule has 0 radical (unpaired) electrons. The van der Waals surface area contributed by atoms with Gasteiger partial charge in [0.2, 0.25) is 5.95 Å². The lowest BCUT2D eigenvalue weighted by atomic mass is 10.2. The third-order valence-electron chi connectivity index (χ3n) is 3.00. The molecule has 3 heterocycles. The van der Waals surface area contributed by atoms with Crippen molar-refractivity contribution in [2.24, 2.45) is 0 Å². The molecule has 3 rings (SSSR count). The van der Waals surface area contributed by atoms with E-state index in [-0.39, 0.29) is 24.9 Å². The second kappa shape index (κ2) is 4.59. The highest BCUT2D eigenvalue weighted by molar-refractivity contribution is 14.1. The SMILES string of the molecule is Nc1nc(I)c2ncn([C@@H]3CC[C@@H](CO)O3)c2n1. The lowest BCUT2D eigenvalue weighted by molar-refractivity contribution is -0.0207. The van der Waals surface area contributed by atoms with Crippen LogP contribution in [0.3, 0.4) is 0 Å². The molecule has 2 atom stereocenters. The molecule has 1 aliphatic rings. The predicted octanol–water partition coefficient (Wildman–Crippen LogP) is 0.683. The summed E-state index contributed by atoms with van der Waals surface area (Å²) < 4.78 is 8.29. The molecule has 96 valence electrons. The number of aliphatic hydroxyl groups excluding tert-OH is 1. The number of nitrogen functional groups attached to an aromatic ring is 1. The maximum Gasteiger partial charge on any atom is 0.223 e. The topological polar surface area (TPSA) is 99.1 Å². The average Bonchev–Trinajstić information content (AvgIpc) is 2.93. The minimum absolute atomic E-state index is 0.0395. The number of nitrogens with two attached hydrogens (primary N) is 1. The summed E-state index contributed by atoms with van der Waals surface area (Å²) in [4.78, 5) is 12.6. The van der Waals surface area contributed by atoms with Crippen molar-refractivity contribution in [3.63, 3.8) is 0 Å². The summed E-state index contributed by atoms with van der Waals surface area (Å²) in [6.45, 7) is 0.0395. The van der Waals surface area contributed by atoms with Crippen molar-refractivity contribution in [1.82, 2.24) is 19.5 Å². The summed E-state index contributed by atoms with van der Waals surface area (Å²) >= 11 is 2.08. The molecular formula is C10H12IN5O2. The Balaban J connectivity index is 2.03. The average molecular weight is 361 g/mol. The number of aliphatic hydroxyl groups is 1. The van der Waals surface area contributed by atoms with Gasteiger partial charge in [0.05, 0.1) is 19.0 Å². The van der Waals surface area contributed by atoms with Gasteiger partial charge >= 0.3 is 0 Å². The maximum absolute atomic E-state index is 9.09. The summed E-state index contributed by atoms with van der Waals surface area (Å²) in [5, 5.41) is 9.09. The van der Waals surface area contributed by atoms with E-state index in [4.69, 9.17) is 15.6 Å². The number of imidazole rings is 1. The zero-order chi connectivity index (χ0) is 12.7. The van der Waals surface area contributed by atoms with Crippen molar-refractivity contribution in [1.29, 1.82) is 0 Å². The smallest absolute Gasteiger partial charge is 0.223 e. The van der Waals surface area contributed by atoms with Crippen molar-refractivity contribution >= 4 is 39.7 Å². The first-order valence-corrected chi connectivity index (χ1v) is 6.69. The van der Waals surface area contributed by atoms with Crippen molar-refractivity contribution in [3.8, 4) is 0 Å². The van der Waals surface area contributed by atoms with E-state index in [0.29, 0.717) is 5.65 Å². The van der Waals surface area contributed by atoms with Gasteiger partial charge in [0.1, 0.15) is 15.4 Å². The van der Waals surface area contributed by atoms with Gasteiger partial charge < -0.3 is 15.6 Å². The second-order valence-corrected chi connectivity index (χ2v) is 5.19. The second-order valence-electron chi connectivity index (χ2n) is 4.17. The number of rotatable bonds is 2. The van der Waals surface area contributed by atoms with Crippen LogP contribution in [0.5, 0.6) is 0 Å². The van der Waals surface area contributed by atoms with Gasteiger partial charge in [0.25, 0.3) is 0 Å². The highest BCUT2D eigenvalue weighted by Gasteiger charge is 2.27. The van der Waals surface area contributed by atoms with E-state index in [1.54, 1.807) is 6.33 Å². The molecule has 0 spiro atoms. The molecule has 2 aromatic heterocycles. The molecule has 1 aliphatic heterocycles. The predicted molar refractivity (Wildman–Crippen MR) is 72.7 cm³/mol. The number of hydrogen-bond donors (Lipinski definition) is 2. The van der Waals surface area contributed by atoms with Gasteiger partial charge in [-0.25, -0.2) is 9.97 Å². The Morgan fingerprint density at radius 3 is 3.06 bits per heavy atom. The maximum atomic E-state index is 9.09. The van der Waals surface area contributed by atoms with Gasteiger partial charge in [0.15, 0.2) is 5.65 Å². The molecule has 1 fully saturated rings. The Morgan fingerprint density at radius 1 is 1.50 bits per heavy atom. The molecule has 0 bridgehead atoms. The summed E-state index contributed by atoms with van der Waals surface area (Å²) in [6, 6.07) is 0. The van der Waals surface area contributed by atoms with Gasteiger partial charge in [-0.3, -0.25) is 4.57 Å². The molecule has 0 aliphatic carbocycles. The minimum Gasteiger partial charge on any atom is -0.394 e. The van der Waals surface area contributed by atoms with Crippen molar-refractivity contribution in [2.45, 2.75) is 25.2 Å². The van der Waals surface area contributed by atoms with Crippen molar-refractivity contribution in [3.05, 3.63) is 10.0 Å². The Hall–Kier alpha value is -1.00. The first-order chi connectivity index (χ1) is 8.69. The summed E-state index contributed by atoms with van der Waals surface area (Å²) in [5.41, 5.74) is 7.06. The number of fused-ring (bicyclic) bond motifs is 1. The third kappa shape index (κ3) is 1.93. The Labute approximate surface area is 117 Å². The van der Waals surface area contributed by atoms with Crippen LogP contribution in [0.1, 0.15) is 19.1 Å². The zero-order valence-corrected chi connectivity index (χ0v) is 11.6. The van der Waals surface area contributed by atoms with Gasteiger partial charge in [-0.05, 0) is 35.4 Å². The molecular weight excluding hydrogens is 349 g/mol. The summed E-state index contributed by atoms with van der Waals surface area (Å²) in [6.07, 6.45) is 3.10. The largest absolute Gasteiger partial charge is 0.394 e. The minimum atomic E-state index is -0.141. The summed E-state index contributed by atoms with van der Waals surface area (Å²) in [5.74, 6) is 0.227. The molecule has 18 heavy (non-hydrogen) atoms. The van der Waals surface area contributed by atoms with E-state index in [1.807, 2.05) is 4.57 Å². The number of aromatic nitrogens is 4. The van der Waals surface area contributed by atoms with E-state index >= 15 is 0 Å². The highest BCUT2D eigenvalue weighted by Crippen LogP contribution is 2.30. The first-order valence-electron chi connectivity index (χ1n) is 5.61. The van der Waals surface area contributed by atoms with E-state index < -0.39 is 0 Å². The molecule has 0 amide bonds. The molecule has 0 unspecified atom stereocenters. The number of ether oxygens (including phenoxy) is 1. The van der Waals surface area contributed by atoms with E-state index in [2.05, 4.69) is 37.5 Å². The lowest BCUT2D eigenvalue weighted by Crippen LogP contribution is -2.14. The van der Waals surface area contributed by atoms with Gasteiger partial charge in [0, 0.05) is 0 Å². The zero-order valence-electron chi connectivity index (χ0n) is 9.45.